The Morgan fingerprint density at radius 1 is 1.04 bits per heavy atom. The second-order valence-electron chi connectivity index (χ2n) is 5.11. The molecule has 0 bridgehead atoms. The summed E-state index contributed by atoms with van der Waals surface area (Å²) in [6.45, 7) is 0.172. The zero-order valence-corrected chi connectivity index (χ0v) is 15.2. The number of nitro groups is 2. The monoisotopic (exact) mass is 444 g/mol. The van der Waals surface area contributed by atoms with Crippen LogP contribution in [0.25, 0.3) is 0 Å². The molecule has 2 aromatic rings. The maximum absolute atomic E-state index is 11.7. The van der Waals surface area contributed by atoms with E-state index in [4.69, 9.17) is 0 Å². The van der Waals surface area contributed by atoms with Crippen LogP contribution >= 0.6 is 15.9 Å². The molecule has 2 aromatic heterocycles. The molecule has 0 saturated heterocycles. The summed E-state index contributed by atoms with van der Waals surface area (Å²) < 4.78 is 2.66. The predicted molar refractivity (Wildman–Crippen MR) is 91.0 cm³/mol. The van der Waals surface area contributed by atoms with Gasteiger partial charge in [0.15, 0.2) is 0 Å². The molecule has 27 heavy (non-hydrogen) atoms. The maximum atomic E-state index is 11.7. The fraction of sp³-hybridized carbons (Fsp3) is 0.333. The molecule has 2 heterocycles. The van der Waals surface area contributed by atoms with Crippen LogP contribution in [0.4, 0.5) is 11.6 Å². The average Bonchev–Trinajstić information content (AvgIpc) is 3.23. The summed E-state index contributed by atoms with van der Waals surface area (Å²) in [5, 5.41) is 28.5. The number of rotatable bonds is 8. The first-order chi connectivity index (χ1) is 12.8. The molecule has 0 atom stereocenters. The maximum Gasteiger partial charge on any atom is 0.404 e. The Balaban J connectivity index is 1.70. The number of carbonyl (C=O) groups is 2. The van der Waals surface area contributed by atoms with Crippen LogP contribution in [0.5, 0.6) is 0 Å². The molecule has 2 amide bonds. The third-order valence-electron chi connectivity index (χ3n) is 3.16. The van der Waals surface area contributed by atoms with Gasteiger partial charge in [-0.3, -0.25) is 20.4 Å². The van der Waals surface area contributed by atoms with E-state index in [1.807, 2.05) is 0 Å². The lowest BCUT2D eigenvalue weighted by Crippen LogP contribution is -2.42. The van der Waals surface area contributed by atoms with Gasteiger partial charge in [-0.1, -0.05) is 0 Å². The SMILES string of the molecule is O=C(CCn1ccc([N+](=O)[O-])n1)NNC(=O)CCn1cc(Br)c([N+](=O)[O-])n1. The minimum Gasteiger partial charge on any atom is -0.358 e. The summed E-state index contributed by atoms with van der Waals surface area (Å²) in [7, 11) is 0. The second kappa shape index (κ2) is 8.84. The smallest absolute Gasteiger partial charge is 0.358 e. The van der Waals surface area contributed by atoms with Crippen LogP contribution in [0.1, 0.15) is 12.8 Å². The van der Waals surface area contributed by atoms with Crippen molar-refractivity contribution < 1.29 is 19.4 Å². The van der Waals surface area contributed by atoms with Crippen LogP contribution in [-0.2, 0) is 22.7 Å². The number of hydrogen-bond donors (Lipinski definition) is 2. The molecule has 2 N–H and O–H groups in total. The summed E-state index contributed by atoms with van der Waals surface area (Å²) in [6.07, 6.45) is 2.60. The molecule has 144 valence electrons. The zero-order chi connectivity index (χ0) is 20.0. The van der Waals surface area contributed by atoms with Gasteiger partial charge in [-0.2, -0.15) is 9.36 Å². The third kappa shape index (κ3) is 5.84. The first-order valence-corrected chi connectivity index (χ1v) is 8.18. The summed E-state index contributed by atoms with van der Waals surface area (Å²) in [5.74, 6) is -1.72. The van der Waals surface area contributed by atoms with E-state index in [0.717, 1.165) is 0 Å². The fourth-order valence-electron chi connectivity index (χ4n) is 1.89. The van der Waals surface area contributed by atoms with Crippen LogP contribution in [0.3, 0.4) is 0 Å². The molecule has 0 radical (unpaired) electrons. The van der Waals surface area contributed by atoms with Gasteiger partial charge < -0.3 is 20.2 Å². The highest BCUT2D eigenvalue weighted by Crippen LogP contribution is 2.21. The van der Waals surface area contributed by atoms with E-state index < -0.39 is 21.7 Å². The van der Waals surface area contributed by atoms with Crippen LogP contribution in [0.15, 0.2) is 22.9 Å². The Hall–Kier alpha value is -3.36. The van der Waals surface area contributed by atoms with E-state index in [0.29, 0.717) is 0 Å². The summed E-state index contributed by atoms with van der Waals surface area (Å²) >= 11 is 2.99. The van der Waals surface area contributed by atoms with E-state index in [2.05, 4.69) is 37.0 Å². The van der Waals surface area contributed by atoms with E-state index in [1.165, 1.54) is 27.8 Å². The van der Waals surface area contributed by atoms with Crippen molar-refractivity contribution in [2.24, 2.45) is 0 Å². The normalized spacial score (nSPS) is 10.4. The number of aromatic nitrogens is 4. The molecule has 0 unspecified atom stereocenters. The Morgan fingerprint density at radius 3 is 2.11 bits per heavy atom. The molecule has 2 rings (SSSR count). The molecule has 0 aliphatic heterocycles. The fourth-order valence-corrected chi connectivity index (χ4v) is 2.36. The average molecular weight is 445 g/mol. The molecule has 0 aliphatic rings. The highest BCUT2D eigenvalue weighted by Gasteiger charge is 2.19. The molecule has 0 aromatic carbocycles. The molecule has 0 saturated carbocycles. The Morgan fingerprint density at radius 2 is 1.63 bits per heavy atom. The summed E-state index contributed by atoms with van der Waals surface area (Å²) in [6, 6.07) is 1.21. The summed E-state index contributed by atoms with van der Waals surface area (Å²) in [4.78, 5) is 43.2. The Kier molecular flexibility index (Phi) is 6.53. The van der Waals surface area contributed by atoms with E-state index in [9.17, 15) is 29.8 Å². The standard InChI is InChI=1S/C12H13BrN8O6/c13-8-7-19(17-12(8)21(26)27)6-3-11(23)15-14-10(22)2-5-18-4-1-9(16-18)20(24)25/h1,4,7H,2-3,5-6H2,(H,14,22)(H,15,23). The van der Waals surface area contributed by atoms with Crippen molar-refractivity contribution in [3.63, 3.8) is 0 Å². The number of carbonyl (C=O) groups excluding carboxylic acids is 2. The van der Waals surface area contributed by atoms with Crippen LogP contribution < -0.4 is 10.9 Å². The largest absolute Gasteiger partial charge is 0.404 e. The van der Waals surface area contributed by atoms with Gasteiger partial charge in [-0.05, 0) is 25.8 Å². The first kappa shape index (κ1) is 20.0. The second-order valence-corrected chi connectivity index (χ2v) is 5.97. The van der Waals surface area contributed by atoms with Crippen molar-refractivity contribution in [3.8, 4) is 0 Å². The third-order valence-corrected chi connectivity index (χ3v) is 3.72. The van der Waals surface area contributed by atoms with Gasteiger partial charge in [0, 0.05) is 12.8 Å². The van der Waals surface area contributed by atoms with Gasteiger partial charge in [0.25, 0.3) is 0 Å². The van der Waals surface area contributed by atoms with Crippen molar-refractivity contribution in [1.29, 1.82) is 0 Å². The number of hydrogen-bond acceptors (Lipinski definition) is 8. The number of nitrogens with zero attached hydrogens (tertiary/aromatic N) is 6. The highest BCUT2D eigenvalue weighted by atomic mass is 79.9. The first-order valence-electron chi connectivity index (χ1n) is 7.39. The van der Waals surface area contributed by atoms with Gasteiger partial charge in [-0.15, -0.1) is 0 Å². The lowest BCUT2D eigenvalue weighted by molar-refractivity contribution is -0.390. The van der Waals surface area contributed by atoms with Crippen LogP contribution in [0, 0.1) is 20.2 Å². The minimum absolute atomic E-state index is 0.0581. The number of nitrogens with one attached hydrogen (secondary N) is 2. The van der Waals surface area contributed by atoms with Gasteiger partial charge in [-0.25, -0.2) is 0 Å². The molecule has 14 nitrogen and oxygen atoms in total. The Bertz CT molecular complexity index is 877. The van der Waals surface area contributed by atoms with Crippen molar-refractivity contribution in [1.82, 2.24) is 30.4 Å². The molecule has 0 spiro atoms. The van der Waals surface area contributed by atoms with Crippen LogP contribution in [-0.4, -0.2) is 41.2 Å². The van der Waals surface area contributed by atoms with Crippen molar-refractivity contribution in [2.45, 2.75) is 25.9 Å². The Labute approximate surface area is 158 Å². The zero-order valence-electron chi connectivity index (χ0n) is 13.6. The number of aryl methyl sites for hydroxylation is 2. The van der Waals surface area contributed by atoms with E-state index in [-0.39, 0.29) is 42.0 Å². The van der Waals surface area contributed by atoms with Gasteiger partial charge in [0.2, 0.25) is 11.8 Å². The van der Waals surface area contributed by atoms with Crippen molar-refractivity contribution >= 4 is 39.4 Å². The molecular formula is C12H13BrN8O6. The van der Waals surface area contributed by atoms with E-state index in [1.54, 1.807) is 0 Å². The van der Waals surface area contributed by atoms with Crippen molar-refractivity contribution in [2.75, 3.05) is 0 Å². The number of hydrazine groups is 1. The molecular weight excluding hydrogens is 432 g/mol. The lowest BCUT2D eigenvalue weighted by atomic mass is 10.4. The summed E-state index contributed by atoms with van der Waals surface area (Å²) in [5.41, 5.74) is 4.39. The quantitative estimate of drug-likeness (QED) is 0.429. The number of amides is 2. The molecule has 0 aliphatic carbocycles. The van der Waals surface area contributed by atoms with E-state index >= 15 is 0 Å². The van der Waals surface area contributed by atoms with Crippen LogP contribution in [0.2, 0.25) is 0 Å². The van der Waals surface area contributed by atoms with Gasteiger partial charge in [0.1, 0.15) is 4.47 Å². The molecule has 0 fully saturated rings. The van der Waals surface area contributed by atoms with Crippen molar-refractivity contribution in [3.05, 3.63) is 43.2 Å². The molecule has 15 heteroatoms. The van der Waals surface area contributed by atoms with Gasteiger partial charge in [0.05, 0.1) is 41.7 Å². The van der Waals surface area contributed by atoms with Gasteiger partial charge >= 0.3 is 11.6 Å². The number of halogens is 1. The highest BCUT2D eigenvalue weighted by molar-refractivity contribution is 9.10. The minimum atomic E-state index is -0.658. The lowest BCUT2D eigenvalue weighted by Gasteiger charge is -2.06. The predicted octanol–water partition coefficient (Wildman–Crippen LogP) is 0.286. The topological polar surface area (TPSA) is 180 Å².